The Kier molecular flexibility index (Phi) is 2.89. The van der Waals surface area contributed by atoms with Gasteiger partial charge in [0.2, 0.25) is 0 Å². The Morgan fingerprint density at radius 3 is 2.71 bits per heavy atom. The van der Waals surface area contributed by atoms with E-state index in [1.54, 1.807) is 18.0 Å². The van der Waals surface area contributed by atoms with E-state index >= 15 is 0 Å². The summed E-state index contributed by atoms with van der Waals surface area (Å²) in [6, 6.07) is 10.4. The third-order valence-corrected chi connectivity index (χ3v) is 3.10. The molecule has 0 radical (unpaired) electrons. The molecule has 1 unspecified atom stereocenters. The fourth-order valence-corrected chi connectivity index (χ4v) is 2.16. The van der Waals surface area contributed by atoms with Crippen LogP contribution >= 0.6 is 11.8 Å². The summed E-state index contributed by atoms with van der Waals surface area (Å²) in [6.45, 7) is 2.18. The van der Waals surface area contributed by atoms with Crippen LogP contribution in [0.5, 0.6) is 0 Å². The average Bonchev–Trinajstić information content (AvgIpc) is 2.72. The maximum atomic E-state index is 4.19. The van der Waals surface area contributed by atoms with Gasteiger partial charge in [-0.05, 0) is 12.5 Å². The van der Waals surface area contributed by atoms with Crippen LogP contribution in [0.15, 0.2) is 47.9 Å². The summed E-state index contributed by atoms with van der Waals surface area (Å²) in [5, 5.41) is 1.41. The van der Waals surface area contributed by atoms with E-state index in [2.05, 4.69) is 41.2 Å². The number of thioether (sulfide) groups is 1. The number of nitrogens with one attached hydrogen (secondary N) is 1. The zero-order valence-corrected chi connectivity index (χ0v) is 8.79. The van der Waals surface area contributed by atoms with Gasteiger partial charge in [0.05, 0.1) is 0 Å². The van der Waals surface area contributed by atoms with E-state index in [1.165, 1.54) is 5.56 Å². The van der Waals surface area contributed by atoms with E-state index in [0.29, 0.717) is 5.25 Å². The Hall–Kier alpha value is -1.22. The molecule has 0 aliphatic heterocycles. The molecule has 2 rings (SSSR count). The van der Waals surface area contributed by atoms with Gasteiger partial charge in [0.1, 0.15) is 0 Å². The number of benzene rings is 1. The van der Waals surface area contributed by atoms with Gasteiger partial charge < -0.3 is 4.98 Å². The Morgan fingerprint density at radius 2 is 2.07 bits per heavy atom. The summed E-state index contributed by atoms with van der Waals surface area (Å²) in [5.74, 6) is 0. The number of H-pyrrole nitrogens is 1. The minimum Gasteiger partial charge on any atom is -0.340 e. The van der Waals surface area contributed by atoms with Crippen molar-refractivity contribution in [2.24, 2.45) is 0 Å². The van der Waals surface area contributed by atoms with Crippen LogP contribution in [-0.4, -0.2) is 9.97 Å². The summed E-state index contributed by atoms with van der Waals surface area (Å²) in [5.41, 5.74) is 1.33. The van der Waals surface area contributed by atoms with Crippen molar-refractivity contribution in [2.75, 3.05) is 0 Å². The molecule has 1 aromatic heterocycles. The van der Waals surface area contributed by atoms with Crippen molar-refractivity contribution in [1.29, 1.82) is 0 Å². The first-order valence-electron chi connectivity index (χ1n) is 4.57. The largest absolute Gasteiger partial charge is 0.340 e. The minimum absolute atomic E-state index is 0.433. The molecule has 0 fully saturated rings. The van der Waals surface area contributed by atoms with Gasteiger partial charge in [0.25, 0.3) is 0 Å². The molecule has 0 amide bonds. The van der Waals surface area contributed by atoms with Crippen LogP contribution in [0.2, 0.25) is 0 Å². The molecule has 2 nitrogen and oxygen atoms in total. The molecule has 14 heavy (non-hydrogen) atoms. The first-order chi connectivity index (χ1) is 6.86. The van der Waals surface area contributed by atoms with Gasteiger partial charge in [0.15, 0.2) is 5.16 Å². The maximum Gasteiger partial charge on any atom is 0.165 e. The van der Waals surface area contributed by atoms with E-state index in [9.17, 15) is 0 Å². The lowest BCUT2D eigenvalue weighted by atomic mass is 10.2. The molecule has 72 valence electrons. The molecule has 1 aromatic carbocycles. The molecule has 0 aliphatic rings. The van der Waals surface area contributed by atoms with Gasteiger partial charge in [-0.1, -0.05) is 42.1 Å². The lowest BCUT2D eigenvalue weighted by Gasteiger charge is -2.08. The first kappa shape index (κ1) is 9.34. The van der Waals surface area contributed by atoms with Crippen LogP contribution in [0.4, 0.5) is 0 Å². The van der Waals surface area contributed by atoms with Gasteiger partial charge in [-0.3, -0.25) is 0 Å². The molecule has 0 saturated heterocycles. The van der Waals surface area contributed by atoms with Gasteiger partial charge in [-0.2, -0.15) is 0 Å². The highest BCUT2D eigenvalue weighted by Crippen LogP contribution is 2.31. The molecule has 1 N–H and O–H groups in total. The number of rotatable bonds is 3. The summed E-state index contributed by atoms with van der Waals surface area (Å²) in [7, 11) is 0. The van der Waals surface area contributed by atoms with Gasteiger partial charge in [-0.25, -0.2) is 4.98 Å². The predicted octanol–water partition coefficient (Wildman–Crippen LogP) is 3.26. The highest BCUT2D eigenvalue weighted by Gasteiger charge is 2.07. The monoisotopic (exact) mass is 204 g/mol. The molecule has 2 aromatic rings. The second-order valence-electron chi connectivity index (χ2n) is 3.07. The van der Waals surface area contributed by atoms with Crippen molar-refractivity contribution in [3.05, 3.63) is 48.3 Å². The Balaban J connectivity index is 2.07. The van der Waals surface area contributed by atoms with E-state index in [4.69, 9.17) is 0 Å². The lowest BCUT2D eigenvalue weighted by Crippen LogP contribution is -1.88. The molecular formula is C11H12N2S. The Morgan fingerprint density at radius 1 is 1.29 bits per heavy atom. The standard InChI is InChI=1S/C11H12N2S/c1-9(10-5-3-2-4-6-10)14-11-12-7-8-13-11/h2-9H,1H3,(H,12,13). The van der Waals surface area contributed by atoms with Crippen molar-refractivity contribution < 1.29 is 0 Å². The zero-order chi connectivity index (χ0) is 9.80. The van der Waals surface area contributed by atoms with Crippen LogP contribution in [0.1, 0.15) is 17.7 Å². The van der Waals surface area contributed by atoms with Crippen molar-refractivity contribution in [2.45, 2.75) is 17.3 Å². The molecule has 0 spiro atoms. The van der Waals surface area contributed by atoms with Crippen molar-refractivity contribution in [3.63, 3.8) is 0 Å². The Bertz CT molecular complexity index is 369. The summed E-state index contributed by atoms with van der Waals surface area (Å²) in [4.78, 5) is 7.28. The second-order valence-corrected chi connectivity index (χ2v) is 4.39. The number of aromatic nitrogens is 2. The molecule has 0 saturated carbocycles. The molecule has 1 atom stereocenters. The normalized spacial score (nSPS) is 12.6. The number of imidazole rings is 1. The zero-order valence-electron chi connectivity index (χ0n) is 7.97. The molecule has 0 bridgehead atoms. The minimum atomic E-state index is 0.433. The average molecular weight is 204 g/mol. The van der Waals surface area contributed by atoms with Crippen LogP contribution in [-0.2, 0) is 0 Å². The van der Waals surface area contributed by atoms with Gasteiger partial charge >= 0.3 is 0 Å². The lowest BCUT2D eigenvalue weighted by molar-refractivity contribution is 1.02. The molecule has 0 aliphatic carbocycles. The fourth-order valence-electron chi connectivity index (χ4n) is 1.27. The maximum absolute atomic E-state index is 4.19. The predicted molar refractivity (Wildman–Crippen MR) is 59.3 cm³/mol. The number of hydrogen-bond donors (Lipinski definition) is 1. The second kappa shape index (κ2) is 4.33. The molecular weight excluding hydrogens is 192 g/mol. The van der Waals surface area contributed by atoms with E-state index < -0.39 is 0 Å². The summed E-state index contributed by atoms with van der Waals surface area (Å²) < 4.78 is 0. The van der Waals surface area contributed by atoms with Gasteiger partial charge in [0, 0.05) is 17.6 Å². The van der Waals surface area contributed by atoms with Crippen molar-refractivity contribution in [1.82, 2.24) is 9.97 Å². The Labute approximate surface area is 87.8 Å². The van der Waals surface area contributed by atoms with Crippen LogP contribution in [0, 0.1) is 0 Å². The quantitative estimate of drug-likeness (QED) is 0.777. The summed E-state index contributed by atoms with van der Waals surface area (Å²) in [6.07, 6.45) is 3.63. The first-order valence-corrected chi connectivity index (χ1v) is 5.45. The van der Waals surface area contributed by atoms with E-state index in [1.807, 2.05) is 12.3 Å². The molecule has 1 heterocycles. The number of hydrogen-bond acceptors (Lipinski definition) is 2. The van der Waals surface area contributed by atoms with Crippen molar-refractivity contribution >= 4 is 11.8 Å². The van der Waals surface area contributed by atoms with Crippen LogP contribution in [0.3, 0.4) is 0 Å². The number of aromatic amines is 1. The highest BCUT2D eigenvalue weighted by molar-refractivity contribution is 7.99. The number of nitrogens with zero attached hydrogens (tertiary/aromatic N) is 1. The highest BCUT2D eigenvalue weighted by atomic mass is 32.2. The van der Waals surface area contributed by atoms with Crippen molar-refractivity contribution in [3.8, 4) is 0 Å². The SMILES string of the molecule is CC(Sc1ncc[nH]1)c1ccccc1. The van der Waals surface area contributed by atoms with Crippen LogP contribution in [0.25, 0.3) is 0 Å². The van der Waals surface area contributed by atoms with E-state index in [0.717, 1.165) is 5.16 Å². The van der Waals surface area contributed by atoms with Crippen LogP contribution < -0.4 is 0 Å². The third kappa shape index (κ3) is 2.17. The summed E-state index contributed by atoms with van der Waals surface area (Å²) >= 11 is 1.74. The topological polar surface area (TPSA) is 28.7 Å². The third-order valence-electron chi connectivity index (χ3n) is 2.03. The smallest absolute Gasteiger partial charge is 0.165 e. The van der Waals surface area contributed by atoms with Gasteiger partial charge in [-0.15, -0.1) is 0 Å². The molecule has 3 heteroatoms. The van der Waals surface area contributed by atoms with E-state index in [-0.39, 0.29) is 0 Å². The fraction of sp³-hybridized carbons (Fsp3) is 0.182.